The zero-order valence-corrected chi connectivity index (χ0v) is 34.5. The standard InChI is InChI=1S/C25H12Br4.C18H22BF/c26-13-1-5-21-17(9-13)18-10-14(27)2-6-22(18)25(21)23-7-3-15(28)11-19(23)20-12-16(29)4-8-24(20)25;1-11-7-13(3)17(14(4)8-11)19(20)18-15(5)9-12(2)10-16(18)6/h1-12H;7-10H,1-6H3. The van der Waals surface area contributed by atoms with Gasteiger partial charge in [0.15, 0.2) is 0 Å². The predicted octanol–water partition coefficient (Wildman–Crippen LogP) is 12.7. The Bertz CT molecular complexity index is 2010. The first-order valence-electron chi connectivity index (χ1n) is 16.3. The van der Waals surface area contributed by atoms with Crippen molar-refractivity contribution in [3.05, 3.63) is 171 Å². The van der Waals surface area contributed by atoms with E-state index in [2.05, 4.69) is 175 Å². The van der Waals surface area contributed by atoms with Gasteiger partial charge in [-0.1, -0.05) is 146 Å². The monoisotopic (exact) mass is 896 g/mol. The normalized spacial score (nSPS) is 13.0. The van der Waals surface area contributed by atoms with Gasteiger partial charge in [-0.2, -0.15) is 0 Å². The van der Waals surface area contributed by atoms with Gasteiger partial charge in [0.1, 0.15) is 0 Å². The summed E-state index contributed by atoms with van der Waals surface area (Å²) in [6.07, 6.45) is 0. The van der Waals surface area contributed by atoms with Crippen molar-refractivity contribution >= 4 is 81.6 Å². The number of fused-ring (bicyclic) bond motifs is 10. The first-order valence-corrected chi connectivity index (χ1v) is 19.5. The molecule has 0 bridgehead atoms. The minimum atomic E-state index is -1.05. The van der Waals surface area contributed by atoms with Gasteiger partial charge >= 0.3 is 6.99 Å². The highest BCUT2D eigenvalue weighted by Crippen LogP contribution is 2.63. The van der Waals surface area contributed by atoms with E-state index < -0.39 is 6.99 Å². The Morgan fingerprint density at radius 3 is 0.898 bits per heavy atom. The molecule has 0 heterocycles. The Labute approximate surface area is 323 Å². The average Bonchev–Trinajstić information content (AvgIpc) is 3.45. The number of rotatable bonds is 2. The van der Waals surface area contributed by atoms with Gasteiger partial charge in [-0.05, 0) is 146 Å². The number of halogens is 5. The molecule has 0 atom stereocenters. The molecule has 0 amide bonds. The van der Waals surface area contributed by atoms with Gasteiger partial charge in [0.25, 0.3) is 0 Å². The third-order valence-electron chi connectivity index (χ3n) is 10.1. The lowest BCUT2D eigenvalue weighted by Gasteiger charge is -2.30. The lowest BCUT2D eigenvalue weighted by Crippen LogP contribution is -2.44. The summed E-state index contributed by atoms with van der Waals surface area (Å²) >= 11 is 14.8. The maximum Gasteiger partial charge on any atom is 0.414 e. The fourth-order valence-electron chi connectivity index (χ4n) is 8.46. The van der Waals surface area contributed by atoms with Crippen LogP contribution in [0.4, 0.5) is 4.32 Å². The van der Waals surface area contributed by atoms with Crippen LogP contribution in [-0.2, 0) is 5.41 Å². The SMILES string of the molecule is Brc1ccc2c(c1)-c1cc(Br)ccc1C21c2ccc(Br)cc2-c2cc(Br)ccc21.Cc1cc(C)c(B(F)c2c(C)cc(C)cc2C)c(C)c1. The molecule has 6 heteroatoms. The molecule has 0 nitrogen and oxygen atoms in total. The third kappa shape index (κ3) is 5.75. The zero-order chi connectivity index (χ0) is 34.9. The summed E-state index contributed by atoms with van der Waals surface area (Å²) in [5.74, 6) is 0. The maximum absolute atomic E-state index is 15.2. The van der Waals surface area contributed by atoms with Crippen LogP contribution in [0.15, 0.2) is 115 Å². The van der Waals surface area contributed by atoms with Crippen LogP contribution in [0.5, 0.6) is 0 Å². The van der Waals surface area contributed by atoms with Gasteiger partial charge in [0.2, 0.25) is 0 Å². The minimum absolute atomic E-state index is 0.294. The molecule has 1 spiro atoms. The van der Waals surface area contributed by atoms with Crippen molar-refractivity contribution in [2.75, 3.05) is 0 Å². The summed E-state index contributed by atoms with van der Waals surface area (Å²) in [7, 11) is 0. The number of hydrogen-bond acceptors (Lipinski definition) is 0. The summed E-state index contributed by atoms with van der Waals surface area (Å²) in [5, 5.41) is 0. The molecule has 0 unspecified atom stereocenters. The minimum Gasteiger partial charge on any atom is -0.322 e. The lowest BCUT2D eigenvalue weighted by molar-refractivity contribution is 0.793. The van der Waals surface area contributed by atoms with Crippen LogP contribution in [0, 0.1) is 41.5 Å². The van der Waals surface area contributed by atoms with E-state index in [-0.39, 0.29) is 5.41 Å². The van der Waals surface area contributed by atoms with Crippen LogP contribution < -0.4 is 10.9 Å². The van der Waals surface area contributed by atoms with Crippen molar-refractivity contribution < 1.29 is 4.32 Å². The molecule has 8 rings (SSSR count). The summed E-state index contributed by atoms with van der Waals surface area (Å²) in [4.78, 5) is 0. The lowest BCUT2D eigenvalue weighted by atomic mass is 9.53. The third-order valence-corrected chi connectivity index (χ3v) is 12.1. The smallest absolute Gasteiger partial charge is 0.322 e. The Kier molecular flexibility index (Phi) is 9.26. The van der Waals surface area contributed by atoms with Crippen molar-refractivity contribution in [1.29, 1.82) is 0 Å². The van der Waals surface area contributed by atoms with Crippen molar-refractivity contribution in [1.82, 2.24) is 0 Å². The molecule has 0 fully saturated rings. The zero-order valence-electron chi connectivity index (χ0n) is 28.2. The van der Waals surface area contributed by atoms with E-state index in [1.54, 1.807) is 0 Å². The quantitative estimate of drug-likeness (QED) is 0.152. The average molecular weight is 900 g/mol. The van der Waals surface area contributed by atoms with Crippen LogP contribution in [0.3, 0.4) is 0 Å². The molecule has 6 aromatic rings. The molecular weight excluding hydrogens is 866 g/mol. The van der Waals surface area contributed by atoms with Gasteiger partial charge in [0.05, 0.1) is 5.41 Å². The van der Waals surface area contributed by atoms with Gasteiger partial charge < -0.3 is 4.32 Å². The second-order valence-corrected chi connectivity index (χ2v) is 17.2. The highest BCUT2D eigenvalue weighted by Gasteiger charge is 2.51. The van der Waals surface area contributed by atoms with Crippen LogP contribution in [0.2, 0.25) is 0 Å². The Hall–Kier alpha value is -2.77. The summed E-state index contributed by atoms with van der Waals surface area (Å²) < 4.78 is 19.6. The Balaban J connectivity index is 0.000000167. The van der Waals surface area contributed by atoms with Gasteiger partial charge in [-0.25, -0.2) is 0 Å². The molecule has 0 saturated heterocycles. The highest BCUT2D eigenvalue weighted by molar-refractivity contribution is 9.11. The van der Waals surface area contributed by atoms with Crippen molar-refractivity contribution in [3.8, 4) is 22.3 Å². The number of hydrogen-bond donors (Lipinski definition) is 0. The first kappa shape index (κ1) is 34.7. The number of benzene rings is 6. The Morgan fingerprint density at radius 1 is 0.408 bits per heavy atom. The molecule has 0 saturated carbocycles. The fraction of sp³-hybridized carbons (Fsp3) is 0.163. The highest BCUT2D eigenvalue weighted by atomic mass is 79.9. The van der Waals surface area contributed by atoms with E-state index in [1.165, 1.54) is 55.6 Å². The molecule has 2 aliphatic carbocycles. The molecule has 0 N–H and O–H groups in total. The molecular formula is C43H34BBr4F. The fourth-order valence-corrected chi connectivity index (χ4v) is 9.91. The van der Waals surface area contributed by atoms with E-state index in [0.717, 1.165) is 51.1 Å². The molecule has 6 aromatic carbocycles. The summed E-state index contributed by atoms with van der Waals surface area (Å²) in [5.41, 5.74) is 18.4. The molecule has 0 radical (unpaired) electrons. The molecule has 0 aromatic heterocycles. The van der Waals surface area contributed by atoms with Crippen molar-refractivity contribution in [2.45, 2.75) is 47.0 Å². The van der Waals surface area contributed by atoms with Crippen LogP contribution in [0.1, 0.15) is 55.6 Å². The van der Waals surface area contributed by atoms with Gasteiger partial charge in [-0.3, -0.25) is 0 Å². The largest absolute Gasteiger partial charge is 0.414 e. The summed E-state index contributed by atoms with van der Waals surface area (Å²) in [6.45, 7) is 11.1. The van der Waals surface area contributed by atoms with Crippen molar-refractivity contribution in [3.63, 3.8) is 0 Å². The van der Waals surface area contributed by atoms with E-state index in [4.69, 9.17) is 0 Å². The van der Waals surface area contributed by atoms with E-state index in [1.807, 2.05) is 27.7 Å². The van der Waals surface area contributed by atoms with E-state index in [0.29, 0.717) is 0 Å². The maximum atomic E-state index is 15.2. The van der Waals surface area contributed by atoms with Crippen LogP contribution in [0.25, 0.3) is 22.3 Å². The molecule has 0 aliphatic heterocycles. The van der Waals surface area contributed by atoms with Crippen LogP contribution >= 0.6 is 63.7 Å². The second kappa shape index (κ2) is 13.1. The predicted molar refractivity (Wildman–Crippen MR) is 221 cm³/mol. The first-order chi connectivity index (χ1) is 23.3. The van der Waals surface area contributed by atoms with Gasteiger partial charge in [-0.15, -0.1) is 0 Å². The summed E-state index contributed by atoms with van der Waals surface area (Å²) in [6, 6.07) is 35.1. The molecule has 244 valence electrons. The molecule has 2 aliphatic rings. The van der Waals surface area contributed by atoms with E-state index in [9.17, 15) is 0 Å². The second-order valence-electron chi connectivity index (χ2n) is 13.5. The van der Waals surface area contributed by atoms with Gasteiger partial charge in [0, 0.05) is 17.9 Å². The molecule has 49 heavy (non-hydrogen) atoms. The topological polar surface area (TPSA) is 0 Å². The van der Waals surface area contributed by atoms with E-state index >= 15 is 4.32 Å². The van der Waals surface area contributed by atoms with Crippen molar-refractivity contribution in [2.24, 2.45) is 0 Å². The number of aryl methyl sites for hydroxylation is 6. The van der Waals surface area contributed by atoms with Crippen LogP contribution in [-0.4, -0.2) is 6.99 Å². The Morgan fingerprint density at radius 2 is 0.653 bits per heavy atom.